The molecule has 0 radical (unpaired) electrons. The molecule has 0 fully saturated rings. The summed E-state index contributed by atoms with van der Waals surface area (Å²) in [4.78, 5) is 19.7. The van der Waals surface area contributed by atoms with Crippen molar-refractivity contribution in [3.05, 3.63) is 84.1 Å². The Kier molecular flexibility index (Phi) is 5.34. The molecule has 1 atom stereocenters. The maximum absolute atomic E-state index is 13.5. The standard InChI is InChI=1S/C23H21N3O4S/c1-15(16-7-5-8-17(13-16)31(24,28)29)26(2)23(27)19-14-21(22-11-6-12-30-22)25-20-10-4-3-9-18(19)20/h3-15H,1-2H3,(H2,24,28,29). The number of sulfonamides is 1. The van der Waals surface area contributed by atoms with Crippen molar-refractivity contribution in [1.82, 2.24) is 9.88 Å². The molecule has 31 heavy (non-hydrogen) atoms. The van der Waals surface area contributed by atoms with E-state index in [1.807, 2.05) is 31.2 Å². The average Bonchev–Trinajstić information content (AvgIpc) is 3.31. The minimum atomic E-state index is -3.84. The van der Waals surface area contributed by atoms with Gasteiger partial charge in [0.1, 0.15) is 5.69 Å². The zero-order valence-electron chi connectivity index (χ0n) is 17.0. The second kappa shape index (κ2) is 7.98. The minimum absolute atomic E-state index is 0.00663. The van der Waals surface area contributed by atoms with E-state index < -0.39 is 16.1 Å². The van der Waals surface area contributed by atoms with Gasteiger partial charge in [-0.05, 0) is 48.9 Å². The molecule has 1 unspecified atom stereocenters. The van der Waals surface area contributed by atoms with E-state index in [0.717, 1.165) is 5.39 Å². The molecule has 7 nitrogen and oxygen atoms in total. The number of pyridine rings is 1. The van der Waals surface area contributed by atoms with E-state index in [1.165, 1.54) is 12.1 Å². The summed E-state index contributed by atoms with van der Waals surface area (Å²) in [5.74, 6) is 0.344. The molecular formula is C23H21N3O4S. The van der Waals surface area contributed by atoms with Crippen LogP contribution in [0.4, 0.5) is 0 Å². The predicted octanol–water partition coefficient (Wildman–Crippen LogP) is 3.98. The predicted molar refractivity (Wildman–Crippen MR) is 118 cm³/mol. The monoisotopic (exact) mass is 435 g/mol. The highest BCUT2D eigenvalue weighted by Gasteiger charge is 2.23. The van der Waals surface area contributed by atoms with Crippen LogP contribution >= 0.6 is 0 Å². The van der Waals surface area contributed by atoms with Gasteiger partial charge < -0.3 is 9.32 Å². The fourth-order valence-electron chi connectivity index (χ4n) is 3.44. The average molecular weight is 436 g/mol. The first-order chi connectivity index (χ1) is 14.8. The van der Waals surface area contributed by atoms with Crippen LogP contribution in [0.3, 0.4) is 0 Å². The van der Waals surface area contributed by atoms with Crippen LogP contribution in [0.5, 0.6) is 0 Å². The van der Waals surface area contributed by atoms with Crippen LogP contribution in [0.1, 0.15) is 28.9 Å². The lowest BCUT2D eigenvalue weighted by atomic mass is 10.0. The fraction of sp³-hybridized carbons (Fsp3) is 0.130. The van der Waals surface area contributed by atoms with Crippen LogP contribution in [-0.4, -0.2) is 31.3 Å². The number of benzene rings is 2. The molecule has 0 aliphatic rings. The number of furan rings is 1. The molecule has 2 aromatic heterocycles. The topological polar surface area (TPSA) is 106 Å². The first-order valence-corrected chi connectivity index (χ1v) is 11.1. The summed E-state index contributed by atoms with van der Waals surface area (Å²) in [6, 6.07) is 18.6. The Balaban J connectivity index is 1.75. The smallest absolute Gasteiger partial charge is 0.254 e. The van der Waals surface area contributed by atoms with Crippen molar-refractivity contribution in [2.24, 2.45) is 5.14 Å². The molecule has 4 aromatic rings. The molecule has 2 heterocycles. The lowest BCUT2D eigenvalue weighted by molar-refractivity contribution is 0.0744. The van der Waals surface area contributed by atoms with Gasteiger partial charge in [-0.3, -0.25) is 4.79 Å². The molecule has 0 aliphatic heterocycles. The Morgan fingerprint density at radius 1 is 1.06 bits per heavy atom. The largest absolute Gasteiger partial charge is 0.463 e. The Hall–Kier alpha value is -3.49. The van der Waals surface area contributed by atoms with Crippen molar-refractivity contribution < 1.29 is 17.6 Å². The third-order valence-electron chi connectivity index (χ3n) is 5.29. The summed E-state index contributed by atoms with van der Waals surface area (Å²) >= 11 is 0. The van der Waals surface area contributed by atoms with Crippen LogP contribution in [0.15, 0.2) is 82.3 Å². The van der Waals surface area contributed by atoms with Crippen molar-refractivity contribution in [1.29, 1.82) is 0 Å². The highest BCUT2D eigenvalue weighted by atomic mass is 32.2. The zero-order chi connectivity index (χ0) is 22.2. The summed E-state index contributed by atoms with van der Waals surface area (Å²) in [7, 11) is -2.16. The summed E-state index contributed by atoms with van der Waals surface area (Å²) in [5, 5.41) is 5.98. The number of rotatable bonds is 5. The number of carbonyl (C=O) groups excluding carboxylic acids is 1. The molecule has 8 heteroatoms. The summed E-state index contributed by atoms with van der Waals surface area (Å²) in [5.41, 5.74) is 2.38. The molecule has 1 amide bonds. The van der Waals surface area contributed by atoms with Crippen LogP contribution in [-0.2, 0) is 10.0 Å². The van der Waals surface area contributed by atoms with Gasteiger partial charge in [-0.2, -0.15) is 0 Å². The van der Waals surface area contributed by atoms with Gasteiger partial charge in [0.05, 0.1) is 28.3 Å². The molecule has 0 bridgehead atoms. The SMILES string of the molecule is CC(c1cccc(S(N)(=O)=O)c1)N(C)C(=O)c1cc(-c2ccco2)nc2ccccc12. The van der Waals surface area contributed by atoms with Gasteiger partial charge in [0, 0.05) is 12.4 Å². The van der Waals surface area contributed by atoms with E-state index in [-0.39, 0.29) is 10.8 Å². The first-order valence-electron chi connectivity index (χ1n) is 9.59. The molecule has 4 rings (SSSR count). The lowest BCUT2D eigenvalue weighted by Crippen LogP contribution is -2.30. The van der Waals surface area contributed by atoms with E-state index in [1.54, 1.807) is 48.5 Å². The van der Waals surface area contributed by atoms with Crippen molar-refractivity contribution in [3.63, 3.8) is 0 Å². The van der Waals surface area contributed by atoms with E-state index in [0.29, 0.717) is 28.1 Å². The Bertz CT molecular complexity index is 1360. The minimum Gasteiger partial charge on any atom is -0.463 e. The first kappa shape index (κ1) is 20.8. The summed E-state index contributed by atoms with van der Waals surface area (Å²) in [6.07, 6.45) is 1.56. The van der Waals surface area contributed by atoms with Gasteiger partial charge in [0.2, 0.25) is 10.0 Å². The van der Waals surface area contributed by atoms with E-state index >= 15 is 0 Å². The second-order valence-electron chi connectivity index (χ2n) is 7.26. The van der Waals surface area contributed by atoms with Crippen LogP contribution in [0, 0.1) is 0 Å². The molecule has 0 spiro atoms. The van der Waals surface area contributed by atoms with Crippen molar-refractivity contribution >= 4 is 26.8 Å². The Morgan fingerprint density at radius 3 is 2.55 bits per heavy atom. The molecule has 0 saturated heterocycles. The van der Waals surface area contributed by atoms with Crippen molar-refractivity contribution in [2.75, 3.05) is 7.05 Å². The third kappa shape index (κ3) is 4.08. The van der Waals surface area contributed by atoms with Crippen LogP contribution < -0.4 is 5.14 Å². The van der Waals surface area contributed by atoms with Crippen molar-refractivity contribution in [2.45, 2.75) is 17.9 Å². The summed E-state index contributed by atoms with van der Waals surface area (Å²) < 4.78 is 28.9. The number of fused-ring (bicyclic) bond motifs is 1. The number of hydrogen-bond acceptors (Lipinski definition) is 5. The fourth-order valence-corrected chi connectivity index (χ4v) is 4.01. The maximum Gasteiger partial charge on any atom is 0.254 e. The van der Waals surface area contributed by atoms with Gasteiger partial charge >= 0.3 is 0 Å². The quantitative estimate of drug-likeness (QED) is 0.510. The zero-order valence-corrected chi connectivity index (χ0v) is 17.8. The molecule has 0 saturated carbocycles. The number of carbonyl (C=O) groups is 1. The number of amides is 1. The number of nitrogens with zero attached hydrogens (tertiary/aromatic N) is 2. The highest BCUT2D eigenvalue weighted by molar-refractivity contribution is 7.89. The van der Waals surface area contributed by atoms with Crippen LogP contribution in [0.25, 0.3) is 22.4 Å². The van der Waals surface area contributed by atoms with Crippen LogP contribution in [0.2, 0.25) is 0 Å². The number of aromatic nitrogens is 1. The second-order valence-corrected chi connectivity index (χ2v) is 8.82. The van der Waals surface area contributed by atoms with Crippen molar-refractivity contribution in [3.8, 4) is 11.5 Å². The summed E-state index contributed by atoms with van der Waals surface area (Å²) in [6.45, 7) is 1.83. The molecular weight excluding hydrogens is 414 g/mol. The third-order valence-corrected chi connectivity index (χ3v) is 6.20. The molecule has 0 aliphatic carbocycles. The van der Waals surface area contributed by atoms with E-state index in [9.17, 15) is 13.2 Å². The lowest BCUT2D eigenvalue weighted by Gasteiger charge is -2.26. The number of para-hydroxylation sites is 1. The molecule has 158 valence electrons. The molecule has 2 aromatic carbocycles. The maximum atomic E-state index is 13.5. The number of nitrogens with two attached hydrogens (primary N) is 1. The van der Waals surface area contributed by atoms with E-state index in [4.69, 9.17) is 9.56 Å². The Labute approximate surface area is 180 Å². The van der Waals surface area contributed by atoms with Gasteiger partial charge in [-0.25, -0.2) is 18.5 Å². The highest BCUT2D eigenvalue weighted by Crippen LogP contribution is 2.28. The normalized spacial score (nSPS) is 12.6. The van der Waals surface area contributed by atoms with Gasteiger partial charge in [0.25, 0.3) is 5.91 Å². The number of primary sulfonamides is 1. The van der Waals surface area contributed by atoms with Gasteiger partial charge in [0.15, 0.2) is 5.76 Å². The van der Waals surface area contributed by atoms with Gasteiger partial charge in [-0.15, -0.1) is 0 Å². The van der Waals surface area contributed by atoms with E-state index in [2.05, 4.69) is 4.98 Å². The number of hydrogen-bond donors (Lipinski definition) is 1. The molecule has 2 N–H and O–H groups in total. The van der Waals surface area contributed by atoms with Gasteiger partial charge in [-0.1, -0.05) is 30.3 Å². The Morgan fingerprint density at radius 2 is 1.84 bits per heavy atom.